The number of nitro benzene ring substituents is 1. The van der Waals surface area contributed by atoms with Gasteiger partial charge in [-0.3, -0.25) is 19.8 Å². The molecule has 1 heterocycles. The summed E-state index contributed by atoms with van der Waals surface area (Å²) in [6.07, 6.45) is 0. The molecule has 1 saturated heterocycles. The van der Waals surface area contributed by atoms with Crippen molar-refractivity contribution in [2.75, 3.05) is 13.2 Å². The van der Waals surface area contributed by atoms with Crippen molar-refractivity contribution in [3.05, 3.63) is 68.2 Å². The SMILES string of the molecule is CC1(c2ccc(Cl)c(Cl)c2)NC(=O)N(CCOc2cccc([N+](=O)[O-])c2)C1=O. The first-order valence-corrected chi connectivity index (χ1v) is 8.95. The first-order valence-electron chi connectivity index (χ1n) is 8.19. The number of ether oxygens (including phenoxy) is 1. The molecule has 8 nitrogen and oxygen atoms in total. The van der Waals surface area contributed by atoms with Crippen LogP contribution in [0.5, 0.6) is 5.75 Å². The van der Waals surface area contributed by atoms with Crippen molar-refractivity contribution < 1.29 is 19.2 Å². The molecule has 2 aromatic rings. The van der Waals surface area contributed by atoms with Crippen molar-refractivity contribution in [3.8, 4) is 5.75 Å². The molecule has 146 valence electrons. The third-order valence-corrected chi connectivity index (χ3v) is 5.12. The molecule has 1 fully saturated rings. The van der Waals surface area contributed by atoms with Crippen LogP contribution >= 0.6 is 23.2 Å². The molecule has 10 heteroatoms. The van der Waals surface area contributed by atoms with E-state index in [1.807, 2.05) is 0 Å². The van der Waals surface area contributed by atoms with Gasteiger partial charge in [-0.15, -0.1) is 0 Å². The number of halogens is 2. The summed E-state index contributed by atoms with van der Waals surface area (Å²) in [5.74, 6) is -0.188. The molecular formula is C18H15Cl2N3O5. The zero-order valence-electron chi connectivity index (χ0n) is 14.6. The van der Waals surface area contributed by atoms with Gasteiger partial charge in [0.05, 0.1) is 27.6 Å². The average molecular weight is 424 g/mol. The molecule has 1 atom stereocenters. The Morgan fingerprint density at radius 3 is 2.61 bits per heavy atom. The Balaban J connectivity index is 1.69. The van der Waals surface area contributed by atoms with Crippen LogP contribution in [0.1, 0.15) is 12.5 Å². The number of benzene rings is 2. The van der Waals surface area contributed by atoms with Gasteiger partial charge in [-0.1, -0.05) is 35.3 Å². The Hall–Kier alpha value is -2.84. The molecule has 3 rings (SSSR count). The van der Waals surface area contributed by atoms with Gasteiger partial charge in [0, 0.05) is 6.07 Å². The van der Waals surface area contributed by atoms with E-state index in [1.54, 1.807) is 25.1 Å². The Bertz CT molecular complexity index is 968. The van der Waals surface area contributed by atoms with Gasteiger partial charge >= 0.3 is 6.03 Å². The Morgan fingerprint density at radius 1 is 1.18 bits per heavy atom. The number of rotatable bonds is 6. The first kappa shape index (κ1) is 19.9. The number of urea groups is 1. The summed E-state index contributed by atoms with van der Waals surface area (Å²) in [4.78, 5) is 36.4. The molecule has 0 spiro atoms. The Labute approximate surface area is 170 Å². The van der Waals surface area contributed by atoms with Crippen LogP contribution in [-0.4, -0.2) is 34.9 Å². The molecule has 1 aliphatic heterocycles. The van der Waals surface area contributed by atoms with Crippen LogP contribution in [-0.2, 0) is 10.3 Å². The highest BCUT2D eigenvalue weighted by Gasteiger charge is 2.48. The molecule has 1 unspecified atom stereocenters. The monoisotopic (exact) mass is 423 g/mol. The summed E-state index contributed by atoms with van der Waals surface area (Å²) < 4.78 is 5.45. The van der Waals surface area contributed by atoms with Gasteiger partial charge in [-0.2, -0.15) is 0 Å². The minimum atomic E-state index is -1.28. The molecule has 0 saturated carbocycles. The molecule has 3 amide bonds. The maximum Gasteiger partial charge on any atom is 0.325 e. The van der Waals surface area contributed by atoms with Crippen molar-refractivity contribution in [3.63, 3.8) is 0 Å². The van der Waals surface area contributed by atoms with Crippen LogP contribution in [0.25, 0.3) is 0 Å². The lowest BCUT2D eigenvalue weighted by molar-refractivity contribution is -0.384. The van der Waals surface area contributed by atoms with Gasteiger partial charge in [0.2, 0.25) is 0 Å². The van der Waals surface area contributed by atoms with Crippen LogP contribution in [0.4, 0.5) is 10.5 Å². The summed E-state index contributed by atoms with van der Waals surface area (Å²) in [6, 6.07) is 9.79. The molecule has 2 aromatic carbocycles. The molecule has 1 N–H and O–H groups in total. The number of hydrogen-bond acceptors (Lipinski definition) is 5. The van der Waals surface area contributed by atoms with Crippen LogP contribution in [0.15, 0.2) is 42.5 Å². The summed E-state index contributed by atoms with van der Waals surface area (Å²) >= 11 is 11.9. The summed E-state index contributed by atoms with van der Waals surface area (Å²) in [5.41, 5.74) is -0.890. The second kappa shape index (κ2) is 7.65. The zero-order valence-corrected chi connectivity index (χ0v) is 16.2. The van der Waals surface area contributed by atoms with E-state index in [0.29, 0.717) is 10.6 Å². The van der Waals surface area contributed by atoms with Gasteiger partial charge in [0.25, 0.3) is 11.6 Å². The number of carbonyl (C=O) groups excluding carboxylic acids is 2. The lowest BCUT2D eigenvalue weighted by atomic mass is 9.92. The maximum absolute atomic E-state index is 12.8. The molecular weight excluding hydrogens is 409 g/mol. The smallest absolute Gasteiger partial charge is 0.325 e. The summed E-state index contributed by atoms with van der Waals surface area (Å²) in [7, 11) is 0. The van der Waals surface area contributed by atoms with Gasteiger partial charge in [0.1, 0.15) is 17.9 Å². The second-order valence-electron chi connectivity index (χ2n) is 6.24. The lowest BCUT2D eigenvalue weighted by Crippen LogP contribution is -2.41. The summed E-state index contributed by atoms with van der Waals surface area (Å²) in [6.45, 7) is 1.54. The van der Waals surface area contributed by atoms with Crippen LogP contribution < -0.4 is 10.1 Å². The van der Waals surface area contributed by atoms with Crippen LogP contribution in [0, 0.1) is 10.1 Å². The van der Waals surface area contributed by atoms with E-state index in [0.717, 1.165) is 4.90 Å². The topological polar surface area (TPSA) is 102 Å². The normalized spacial score (nSPS) is 18.9. The predicted octanol–water partition coefficient (Wildman–Crippen LogP) is 3.75. The maximum atomic E-state index is 12.8. The highest BCUT2D eigenvalue weighted by atomic mass is 35.5. The Kier molecular flexibility index (Phi) is 5.44. The largest absolute Gasteiger partial charge is 0.491 e. The van der Waals surface area contributed by atoms with E-state index in [-0.39, 0.29) is 29.6 Å². The third kappa shape index (κ3) is 3.74. The van der Waals surface area contributed by atoms with Crippen LogP contribution in [0.2, 0.25) is 10.0 Å². The first-order chi connectivity index (χ1) is 13.2. The number of nitro groups is 1. The van der Waals surface area contributed by atoms with Crippen molar-refractivity contribution >= 4 is 40.8 Å². The van der Waals surface area contributed by atoms with Crippen LogP contribution in [0.3, 0.4) is 0 Å². The van der Waals surface area contributed by atoms with E-state index < -0.39 is 22.4 Å². The van der Waals surface area contributed by atoms with E-state index in [1.165, 1.54) is 24.3 Å². The molecule has 28 heavy (non-hydrogen) atoms. The predicted molar refractivity (Wildman–Crippen MR) is 103 cm³/mol. The second-order valence-corrected chi connectivity index (χ2v) is 7.06. The summed E-state index contributed by atoms with van der Waals surface area (Å²) in [5, 5.41) is 14.1. The van der Waals surface area contributed by atoms with E-state index in [9.17, 15) is 19.7 Å². The van der Waals surface area contributed by atoms with Gasteiger partial charge < -0.3 is 10.1 Å². The number of nitrogens with one attached hydrogen (secondary N) is 1. The van der Waals surface area contributed by atoms with E-state index in [4.69, 9.17) is 27.9 Å². The van der Waals surface area contributed by atoms with Gasteiger partial charge in [0.15, 0.2) is 0 Å². The lowest BCUT2D eigenvalue weighted by Gasteiger charge is -2.22. The zero-order chi connectivity index (χ0) is 20.5. The van der Waals surface area contributed by atoms with E-state index >= 15 is 0 Å². The number of carbonyl (C=O) groups is 2. The highest BCUT2D eigenvalue weighted by Crippen LogP contribution is 2.33. The van der Waals surface area contributed by atoms with E-state index in [2.05, 4.69) is 5.32 Å². The van der Waals surface area contributed by atoms with Crippen molar-refractivity contribution in [2.24, 2.45) is 0 Å². The fourth-order valence-electron chi connectivity index (χ4n) is 2.84. The number of hydrogen-bond donors (Lipinski definition) is 1. The number of non-ortho nitro benzene ring substituents is 1. The third-order valence-electron chi connectivity index (χ3n) is 4.38. The fraction of sp³-hybridized carbons (Fsp3) is 0.222. The van der Waals surface area contributed by atoms with Crippen molar-refractivity contribution in [2.45, 2.75) is 12.5 Å². The average Bonchev–Trinajstić information content (AvgIpc) is 2.88. The standard InChI is InChI=1S/C18H15Cl2N3O5/c1-18(11-5-6-14(19)15(20)9-11)16(24)22(17(25)21-18)7-8-28-13-4-2-3-12(10-13)23(26)27/h2-6,9-10H,7-8H2,1H3,(H,21,25). The minimum absolute atomic E-state index is 0.0161. The molecule has 0 aliphatic carbocycles. The fourth-order valence-corrected chi connectivity index (χ4v) is 3.14. The molecule has 0 aromatic heterocycles. The van der Waals surface area contributed by atoms with Crippen molar-refractivity contribution in [1.29, 1.82) is 0 Å². The van der Waals surface area contributed by atoms with Gasteiger partial charge in [-0.05, 0) is 30.7 Å². The molecule has 0 radical (unpaired) electrons. The minimum Gasteiger partial charge on any atom is -0.491 e. The number of amides is 3. The quantitative estimate of drug-likeness (QED) is 0.432. The van der Waals surface area contributed by atoms with Gasteiger partial charge in [-0.25, -0.2) is 4.79 Å². The van der Waals surface area contributed by atoms with Crippen molar-refractivity contribution in [1.82, 2.24) is 10.2 Å². The number of imide groups is 1. The molecule has 1 aliphatic rings. The number of nitrogens with zero attached hydrogens (tertiary/aromatic N) is 2. The highest BCUT2D eigenvalue weighted by molar-refractivity contribution is 6.42. The molecule has 0 bridgehead atoms. The Morgan fingerprint density at radius 2 is 1.93 bits per heavy atom.